The highest BCUT2D eigenvalue weighted by atomic mass is 19.1. The Bertz CT molecular complexity index is 1590. The van der Waals surface area contributed by atoms with Gasteiger partial charge in [-0.15, -0.1) is 0 Å². The fourth-order valence-electron chi connectivity index (χ4n) is 6.71. The molecule has 0 aliphatic heterocycles. The molecule has 10 heteroatoms. The lowest BCUT2D eigenvalue weighted by Crippen LogP contribution is -2.31. The van der Waals surface area contributed by atoms with Crippen LogP contribution in [-0.4, -0.2) is 35.7 Å². The van der Waals surface area contributed by atoms with E-state index >= 15 is 0 Å². The van der Waals surface area contributed by atoms with Crippen molar-refractivity contribution in [2.75, 3.05) is 5.32 Å². The van der Waals surface area contributed by atoms with Gasteiger partial charge in [-0.05, 0) is 80.9 Å². The predicted molar refractivity (Wildman–Crippen MR) is 149 cm³/mol. The summed E-state index contributed by atoms with van der Waals surface area (Å²) in [5.41, 5.74) is 2.02. The maximum absolute atomic E-state index is 14.4. The van der Waals surface area contributed by atoms with Crippen LogP contribution in [0.4, 0.5) is 10.2 Å². The Morgan fingerprint density at radius 1 is 1.15 bits per heavy atom. The molecule has 1 aromatic carbocycles. The zero-order valence-corrected chi connectivity index (χ0v) is 23.1. The standard InChI is InChI=1S/C30H36FN7O2/c1-17-9-11-19(12-10-17)16-38-23-24(32-18(2)20-5-3-6-20)33-26(27-36-29(39)40-37-27)34-25(23)35-28(38)30(13-14-30)21-7-4-8-22(31)15-21/h4,7-8,15,17-20H,3,5-6,9-14,16H2,1-2H3,(H,32,33,34)(H,36,37,39)/t17-,18-,19-/m1/s1. The highest BCUT2D eigenvalue weighted by Crippen LogP contribution is 2.54. The van der Waals surface area contributed by atoms with Crippen molar-refractivity contribution in [3.05, 3.63) is 52.0 Å². The Morgan fingerprint density at radius 3 is 2.60 bits per heavy atom. The van der Waals surface area contributed by atoms with E-state index in [2.05, 4.69) is 33.9 Å². The molecule has 2 N–H and O–H groups in total. The Hall–Kier alpha value is -3.56. The molecule has 3 heterocycles. The van der Waals surface area contributed by atoms with E-state index in [1.54, 1.807) is 12.1 Å². The Balaban J connectivity index is 1.40. The van der Waals surface area contributed by atoms with Gasteiger partial charge in [0, 0.05) is 12.6 Å². The SMILES string of the molecule is C[C@@H](Nc1nc(-c2noc(=O)[nH]2)nc2nc(C3(c4cccc(F)c4)CC3)n(C[C@H]3CC[C@H](C)CC3)c12)C1CCC1. The smallest absolute Gasteiger partial charge is 0.365 e. The first-order chi connectivity index (χ1) is 19.4. The van der Waals surface area contributed by atoms with Gasteiger partial charge in [0.15, 0.2) is 11.5 Å². The van der Waals surface area contributed by atoms with Gasteiger partial charge in [0.05, 0.1) is 5.41 Å². The summed E-state index contributed by atoms with van der Waals surface area (Å²) in [5, 5.41) is 7.55. The maximum atomic E-state index is 14.4. The van der Waals surface area contributed by atoms with Crippen LogP contribution in [0, 0.1) is 23.6 Å². The monoisotopic (exact) mass is 545 g/mol. The third kappa shape index (κ3) is 4.51. The molecule has 0 spiro atoms. The van der Waals surface area contributed by atoms with Gasteiger partial charge in [-0.25, -0.2) is 24.1 Å². The zero-order chi connectivity index (χ0) is 27.4. The van der Waals surface area contributed by atoms with E-state index in [4.69, 9.17) is 19.5 Å². The summed E-state index contributed by atoms with van der Waals surface area (Å²) < 4.78 is 21.5. The van der Waals surface area contributed by atoms with Crippen molar-refractivity contribution in [3.63, 3.8) is 0 Å². The average Bonchev–Trinajstić information content (AvgIpc) is 3.46. The fraction of sp³-hybridized carbons (Fsp3) is 0.567. The molecule has 7 rings (SSSR count). The van der Waals surface area contributed by atoms with E-state index in [9.17, 15) is 9.18 Å². The predicted octanol–water partition coefficient (Wildman–Crippen LogP) is 5.82. The van der Waals surface area contributed by atoms with Crippen LogP contribution in [0.25, 0.3) is 22.8 Å². The van der Waals surface area contributed by atoms with Crippen molar-refractivity contribution in [1.82, 2.24) is 29.7 Å². The molecule has 3 aliphatic carbocycles. The average molecular weight is 546 g/mol. The molecule has 0 unspecified atom stereocenters. The minimum atomic E-state index is -0.656. The Kier molecular flexibility index (Phi) is 6.24. The van der Waals surface area contributed by atoms with Gasteiger partial charge in [0.1, 0.15) is 17.2 Å². The number of halogens is 1. The van der Waals surface area contributed by atoms with Crippen LogP contribution in [0.15, 0.2) is 33.6 Å². The van der Waals surface area contributed by atoms with Crippen molar-refractivity contribution < 1.29 is 8.91 Å². The van der Waals surface area contributed by atoms with Gasteiger partial charge < -0.3 is 9.88 Å². The van der Waals surface area contributed by atoms with Crippen LogP contribution in [-0.2, 0) is 12.0 Å². The lowest BCUT2D eigenvalue weighted by molar-refractivity contribution is 0.264. The molecule has 3 saturated carbocycles. The maximum Gasteiger partial charge on any atom is 0.439 e. The van der Waals surface area contributed by atoms with Crippen molar-refractivity contribution in [1.29, 1.82) is 0 Å². The molecule has 9 nitrogen and oxygen atoms in total. The summed E-state index contributed by atoms with van der Waals surface area (Å²) >= 11 is 0. The molecule has 3 aliphatic rings. The first kappa shape index (κ1) is 25.4. The lowest BCUT2D eigenvalue weighted by Gasteiger charge is -2.32. The molecule has 4 aromatic rings. The molecule has 0 saturated heterocycles. The van der Waals surface area contributed by atoms with E-state index < -0.39 is 5.76 Å². The second kappa shape index (κ2) is 9.82. The molecular weight excluding hydrogens is 509 g/mol. The number of aromatic nitrogens is 6. The number of aromatic amines is 1. The van der Waals surface area contributed by atoms with E-state index in [-0.39, 0.29) is 28.9 Å². The highest BCUT2D eigenvalue weighted by molar-refractivity contribution is 5.86. The summed E-state index contributed by atoms with van der Waals surface area (Å²) in [5.74, 6) is 3.03. The van der Waals surface area contributed by atoms with Crippen molar-refractivity contribution in [2.24, 2.45) is 17.8 Å². The first-order valence-corrected chi connectivity index (χ1v) is 14.8. The molecule has 0 radical (unpaired) electrons. The number of hydrogen-bond donors (Lipinski definition) is 2. The van der Waals surface area contributed by atoms with Crippen molar-refractivity contribution in [3.8, 4) is 11.6 Å². The van der Waals surface area contributed by atoms with E-state index in [0.717, 1.165) is 42.2 Å². The van der Waals surface area contributed by atoms with Crippen molar-refractivity contribution in [2.45, 2.75) is 89.6 Å². The van der Waals surface area contributed by atoms with Gasteiger partial charge in [-0.1, -0.05) is 43.5 Å². The van der Waals surface area contributed by atoms with Crippen LogP contribution in [0.1, 0.15) is 83.0 Å². The minimum Gasteiger partial charge on any atom is -0.365 e. The molecule has 210 valence electrons. The van der Waals surface area contributed by atoms with Crippen LogP contribution in [0.5, 0.6) is 0 Å². The second-order valence-corrected chi connectivity index (χ2v) is 12.4. The molecular formula is C30H36FN7O2. The summed E-state index contributed by atoms with van der Waals surface area (Å²) in [6.45, 7) is 5.37. The number of benzene rings is 1. The minimum absolute atomic E-state index is 0.176. The molecule has 3 aromatic heterocycles. The third-order valence-electron chi connectivity index (χ3n) is 9.61. The normalized spacial score (nSPS) is 23.2. The van der Waals surface area contributed by atoms with Crippen molar-refractivity contribution >= 4 is 17.0 Å². The fourth-order valence-corrected chi connectivity index (χ4v) is 6.71. The molecule has 0 bridgehead atoms. The van der Waals surface area contributed by atoms with Crippen LogP contribution in [0.3, 0.4) is 0 Å². The number of H-pyrrole nitrogens is 1. The number of rotatable bonds is 8. The largest absolute Gasteiger partial charge is 0.439 e. The van der Waals surface area contributed by atoms with Gasteiger partial charge in [0.25, 0.3) is 0 Å². The van der Waals surface area contributed by atoms with Crippen LogP contribution >= 0.6 is 0 Å². The summed E-state index contributed by atoms with van der Waals surface area (Å²) in [6.07, 6.45) is 10.2. The number of anilines is 1. The highest BCUT2D eigenvalue weighted by Gasteiger charge is 2.50. The number of imidazole rings is 1. The number of hydrogen-bond acceptors (Lipinski definition) is 7. The number of nitrogens with one attached hydrogen (secondary N) is 2. The third-order valence-corrected chi connectivity index (χ3v) is 9.61. The van der Waals surface area contributed by atoms with Crippen LogP contribution in [0.2, 0.25) is 0 Å². The summed E-state index contributed by atoms with van der Waals surface area (Å²) in [4.78, 5) is 29.2. The quantitative estimate of drug-likeness (QED) is 0.287. The van der Waals surface area contributed by atoms with E-state index in [0.29, 0.717) is 23.3 Å². The number of fused-ring (bicyclic) bond motifs is 1. The lowest BCUT2D eigenvalue weighted by atomic mass is 9.80. The Morgan fingerprint density at radius 2 is 1.95 bits per heavy atom. The van der Waals surface area contributed by atoms with E-state index in [1.807, 2.05) is 6.07 Å². The van der Waals surface area contributed by atoms with Gasteiger partial charge in [-0.3, -0.25) is 9.51 Å². The van der Waals surface area contributed by atoms with Gasteiger partial charge in [-0.2, -0.15) is 0 Å². The molecule has 1 atom stereocenters. The summed E-state index contributed by atoms with van der Waals surface area (Å²) in [6, 6.07) is 7.15. The van der Waals surface area contributed by atoms with Crippen LogP contribution < -0.4 is 11.1 Å². The number of nitrogens with zero attached hydrogens (tertiary/aromatic N) is 5. The van der Waals surface area contributed by atoms with Gasteiger partial charge >= 0.3 is 5.76 Å². The van der Waals surface area contributed by atoms with Gasteiger partial charge in [0.2, 0.25) is 11.6 Å². The Labute approximate surface area is 232 Å². The second-order valence-electron chi connectivity index (χ2n) is 12.4. The zero-order valence-electron chi connectivity index (χ0n) is 23.1. The molecule has 40 heavy (non-hydrogen) atoms. The molecule has 3 fully saturated rings. The topological polar surface area (TPSA) is 115 Å². The first-order valence-electron chi connectivity index (χ1n) is 14.8. The summed E-state index contributed by atoms with van der Waals surface area (Å²) in [7, 11) is 0. The molecule has 0 amide bonds. The van der Waals surface area contributed by atoms with E-state index in [1.165, 1.54) is 51.0 Å².